The summed E-state index contributed by atoms with van der Waals surface area (Å²) in [5.41, 5.74) is 6.70. The molecule has 0 unspecified atom stereocenters. The number of pyridine rings is 1. The molecule has 3 aromatic rings. The molecule has 0 aliphatic carbocycles. The highest BCUT2D eigenvalue weighted by Gasteiger charge is 2.24. The average molecular weight is 465 g/mol. The van der Waals surface area contributed by atoms with Crippen LogP contribution in [0.4, 0.5) is 11.5 Å². The van der Waals surface area contributed by atoms with Crippen LogP contribution in [0.25, 0.3) is 10.9 Å². The second kappa shape index (κ2) is 10.3. The molecule has 4 rings (SSSR count). The predicted molar refractivity (Wildman–Crippen MR) is 130 cm³/mol. The van der Waals surface area contributed by atoms with Gasteiger partial charge in [-0.05, 0) is 43.2 Å². The lowest BCUT2D eigenvalue weighted by Crippen LogP contribution is -2.38. The highest BCUT2D eigenvalue weighted by atomic mass is 16.5. The highest BCUT2D eigenvalue weighted by molar-refractivity contribution is 5.93. The number of aromatic nitrogens is 1. The Bertz CT molecular complexity index is 1190. The van der Waals surface area contributed by atoms with Crippen molar-refractivity contribution in [3.8, 4) is 17.2 Å². The van der Waals surface area contributed by atoms with Gasteiger partial charge < -0.3 is 30.2 Å². The van der Waals surface area contributed by atoms with Crippen molar-refractivity contribution in [2.75, 3.05) is 44.1 Å². The number of rotatable bonds is 8. The van der Waals surface area contributed by atoms with E-state index in [-0.39, 0.29) is 24.3 Å². The lowest BCUT2D eigenvalue weighted by atomic mass is 9.96. The topological polar surface area (TPSA) is 116 Å². The number of para-hydroxylation sites is 1. The third-order valence-corrected chi connectivity index (χ3v) is 5.92. The van der Waals surface area contributed by atoms with Gasteiger partial charge in [-0.1, -0.05) is 12.1 Å². The molecule has 9 nitrogen and oxygen atoms in total. The molecule has 1 aliphatic rings. The molecule has 2 aromatic carbocycles. The molecule has 0 saturated carbocycles. The van der Waals surface area contributed by atoms with Crippen LogP contribution in [0.3, 0.4) is 0 Å². The number of nitrogens with one attached hydrogen (secondary N) is 1. The number of ether oxygens (including phenoxy) is 3. The van der Waals surface area contributed by atoms with Gasteiger partial charge in [0.2, 0.25) is 5.91 Å². The number of carbonyl (C=O) groups excluding carboxylic acids is 2. The van der Waals surface area contributed by atoms with Gasteiger partial charge >= 0.3 is 0 Å². The van der Waals surface area contributed by atoms with Gasteiger partial charge in [-0.25, -0.2) is 4.98 Å². The molecule has 1 fully saturated rings. The largest absolute Gasteiger partial charge is 0.493 e. The smallest absolute Gasteiger partial charge is 0.262 e. The van der Waals surface area contributed by atoms with Crippen molar-refractivity contribution in [1.29, 1.82) is 0 Å². The zero-order valence-corrected chi connectivity index (χ0v) is 19.2. The fraction of sp³-hybridized carbons (Fsp3) is 0.320. The van der Waals surface area contributed by atoms with E-state index >= 15 is 0 Å². The molecule has 178 valence electrons. The summed E-state index contributed by atoms with van der Waals surface area (Å²) >= 11 is 0. The first-order chi connectivity index (χ1) is 16.5. The second-order valence-electron chi connectivity index (χ2n) is 8.07. The summed E-state index contributed by atoms with van der Waals surface area (Å²) in [6.45, 7) is 1.25. The van der Waals surface area contributed by atoms with Crippen LogP contribution in [0.1, 0.15) is 12.8 Å². The number of methoxy groups -OCH3 is 2. The van der Waals surface area contributed by atoms with E-state index in [1.165, 1.54) is 7.11 Å². The molecule has 34 heavy (non-hydrogen) atoms. The van der Waals surface area contributed by atoms with Gasteiger partial charge in [0.25, 0.3) is 5.91 Å². The zero-order chi connectivity index (χ0) is 24.1. The number of nitrogens with two attached hydrogens (primary N) is 1. The van der Waals surface area contributed by atoms with Gasteiger partial charge in [0.15, 0.2) is 18.1 Å². The van der Waals surface area contributed by atoms with E-state index in [1.54, 1.807) is 31.4 Å². The number of carbonyl (C=O) groups is 2. The van der Waals surface area contributed by atoms with Crippen molar-refractivity contribution in [1.82, 2.24) is 4.98 Å². The van der Waals surface area contributed by atoms with Crippen LogP contribution >= 0.6 is 0 Å². The van der Waals surface area contributed by atoms with Gasteiger partial charge in [0.1, 0.15) is 17.1 Å². The van der Waals surface area contributed by atoms with E-state index in [0.717, 1.165) is 11.2 Å². The van der Waals surface area contributed by atoms with Crippen LogP contribution in [-0.2, 0) is 9.59 Å². The Balaban J connectivity index is 1.44. The Labute approximate surface area is 197 Å². The van der Waals surface area contributed by atoms with Crippen molar-refractivity contribution in [2.45, 2.75) is 12.8 Å². The van der Waals surface area contributed by atoms with Crippen LogP contribution < -0.4 is 30.2 Å². The lowest BCUT2D eigenvalue weighted by molar-refractivity contribution is -0.122. The first-order valence-corrected chi connectivity index (χ1v) is 11.1. The molecule has 0 spiro atoms. The Morgan fingerprint density at radius 1 is 1.03 bits per heavy atom. The molecule has 1 saturated heterocycles. The Hall–Kier alpha value is -4.01. The summed E-state index contributed by atoms with van der Waals surface area (Å²) in [6.07, 6.45) is 1.42. The van der Waals surface area contributed by atoms with E-state index in [4.69, 9.17) is 24.9 Å². The van der Waals surface area contributed by atoms with E-state index in [1.807, 2.05) is 24.3 Å². The number of primary amides is 1. The highest BCUT2D eigenvalue weighted by Crippen LogP contribution is 2.30. The predicted octanol–water partition coefficient (Wildman–Crippen LogP) is 2.97. The summed E-state index contributed by atoms with van der Waals surface area (Å²) in [5.74, 6) is 1.79. The SMILES string of the molecule is COc1ccc(NC(=O)COc2cccc3ccc(N4CCC(C(N)=O)CC4)nc23)cc1OC. The van der Waals surface area contributed by atoms with Crippen molar-refractivity contribution in [3.05, 3.63) is 48.5 Å². The summed E-state index contributed by atoms with van der Waals surface area (Å²) < 4.78 is 16.3. The van der Waals surface area contributed by atoms with Crippen LogP contribution in [0.15, 0.2) is 48.5 Å². The van der Waals surface area contributed by atoms with Crippen molar-refractivity contribution >= 4 is 34.2 Å². The molecule has 1 aliphatic heterocycles. The fourth-order valence-corrected chi connectivity index (χ4v) is 4.05. The molecule has 2 heterocycles. The fourth-order valence-electron chi connectivity index (χ4n) is 4.05. The zero-order valence-electron chi connectivity index (χ0n) is 19.2. The Morgan fingerprint density at radius 3 is 2.50 bits per heavy atom. The number of piperidine rings is 1. The van der Waals surface area contributed by atoms with Gasteiger partial charge in [-0.3, -0.25) is 9.59 Å². The van der Waals surface area contributed by atoms with Crippen LogP contribution in [-0.4, -0.2) is 50.7 Å². The van der Waals surface area contributed by atoms with Crippen molar-refractivity contribution in [2.24, 2.45) is 11.7 Å². The number of anilines is 2. The average Bonchev–Trinajstić information content (AvgIpc) is 2.87. The number of benzene rings is 2. The summed E-state index contributed by atoms with van der Waals surface area (Å²) in [5, 5.41) is 3.71. The Morgan fingerprint density at radius 2 is 1.79 bits per heavy atom. The summed E-state index contributed by atoms with van der Waals surface area (Å²) in [7, 11) is 3.09. The first-order valence-electron chi connectivity index (χ1n) is 11.1. The maximum atomic E-state index is 12.5. The molecular formula is C25H28N4O5. The normalized spacial score (nSPS) is 14.0. The number of hydrogen-bond donors (Lipinski definition) is 2. The van der Waals surface area contributed by atoms with E-state index in [0.29, 0.717) is 54.4 Å². The molecule has 1 aromatic heterocycles. The van der Waals surface area contributed by atoms with Crippen LogP contribution in [0.5, 0.6) is 17.2 Å². The van der Waals surface area contributed by atoms with E-state index < -0.39 is 0 Å². The van der Waals surface area contributed by atoms with Crippen LogP contribution in [0, 0.1) is 5.92 Å². The molecule has 0 radical (unpaired) electrons. The minimum atomic E-state index is -0.311. The van der Waals surface area contributed by atoms with Gasteiger partial charge in [0, 0.05) is 36.1 Å². The number of hydrogen-bond acceptors (Lipinski definition) is 7. The monoisotopic (exact) mass is 464 g/mol. The maximum absolute atomic E-state index is 12.5. The van der Waals surface area contributed by atoms with Gasteiger partial charge in [-0.2, -0.15) is 0 Å². The van der Waals surface area contributed by atoms with Crippen molar-refractivity contribution in [3.63, 3.8) is 0 Å². The molecule has 3 N–H and O–H groups in total. The van der Waals surface area contributed by atoms with Crippen molar-refractivity contribution < 1.29 is 23.8 Å². The number of nitrogens with zero attached hydrogens (tertiary/aromatic N) is 2. The first kappa shape index (κ1) is 23.2. The van der Waals surface area contributed by atoms with E-state index in [2.05, 4.69) is 10.2 Å². The van der Waals surface area contributed by atoms with Gasteiger partial charge in [-0.15, -0.1) is 0 Å². The standard InChI is InChI=1S/C25H28N4O5/c1-32-19-8-7-18(14-21(19)33-2)27-23(30)15-34-20-5-3-4-16-6-9-22(28-24(16)20)29-12-10-17(11-13-29)25(26)31/h3-9,14,17H,10-13,15H2,1-2H3,(H2,26,31)(H,27,30). The summed E-state index contributed by atoms with van der Waals surface area (Å²) in [6, 6.07) is 14.7. The van der Waals surface area contributed by atoms with Gasteiger partial charge in [0.05, 0.1) is 14.2 Å². The number of amides is 2. The molecule has 9 heteroatoms. The maximum Gasteiger partial charge on any atom is 0.262 e. The molecule has 0 bridgehead atoms. The minimum Gasteiger partial charge on any atom is -0.493 e. The molecule has 2 amide bonds. The van der Waals surface area contributed by atoms with E-state index in [9.17, 15) is 9.59 Å². The second-order valence-corrected chi connectivity index (χ2v) is 8.07. The quantitative estimate of drug-likeness (QED) is 0.526. The summed E-state index contributed by atoms with van der Waals surface area (Å²) in [4.78, 5) is 30.9. The van der Waals surface area contributed by atoms with Crippen LogP contribution in [0.2, 0.25) is 0 Å². The Kier molecular flexibility index (Phi) is 7.01. The third-order valence-electron chi connectivity index (χ3n) is 5.92. The minimum absolute atomic E-state index is 0.0835. The molecular weight excluding hydrogens is 436 g/mol. The third kappa shape index (κ3) is 5.14. The number of fused-ring (bicyclic) bond motifs is 1. The molecule has 0 atom stereocenters. The lowest BCUT2D eigenvalue weighted by Gasteiger charge is -2.31.